The molecule has 1 saturated heterocycles. The van der Waals surface area contributed by atoms with Gasteiger partial charge in [0.25, 0.3) is 0 Å². The van der Waals surface area contributed by atoms with E-state index in [2.05, 4.69) is 37.5 Å². The van der Waals surface area contributed by atoms with E-state index in [1.54, 1.807) is 44.9 Å². The van der Waals surface area contributed by atoms with Gasteiger partial charge in [-0.15, -0.1) is 0 Å². The largest absolute Gasteiger partial charge is 0.334 e. The standard InChI is InChI=1S/C34H62N3P/c1-5-28-25-15-16-26(19-25)30(28)14-9-13-29-24(2)31-20-32(29)34-22-37(21-33(31)34)18-10-17-36(4)38-23-35(3)27-11-7-6-8-12-27/h24-34,38H,5-23H2,1-4H3/p+2. The second-order valence-corrected chi connectivity index (χ2v) is 17.2. The van der Waals surface area contributed by atoms with Crippen LogP contribution in [0.5, 0.6) is 0 Å². The minimum Gasteiger partial charge on any atom is -0.334 e. The molecular formula is C34H64N3P+2. The molecule has 6 aliphatic rings. The van der Waals surface area contributed by atoms with Crippen LogP contribution in [-0.4, -0.2) is 62.2 Å². The average molecular weight is 546 g/mol. The number of hydrogen-bond donors (Lipinski definition) is 1. The van der Waals surface area contributed by atoms with Gasteiger partial charge >= 0.3 is 0 Å². The molecule has 1 heterocycles. The highest BCUT2D eigenvalue weighted by Crippen LogP contribution is 2.60. The van der Waals surface area contributed by atoms with Crippen molar-refractivity contribution in [1.29, 1.82) is 0 Å². The summed E-state index contributed by atoms with van der Waals surface area (Å²) in [6.45, 7) is 11.0. The first-order valence-electron chi connectivity index (χ1n) is 17.6. The van der Waals surface area contributed by atoms with Crippen LogP contribution in [0.2, 0.25) is 0 Å². The Balaban J connectivity index is 0.898. The number of rotatable bonds is 13. The highest BCUT2D eigenvalue weighted by atomic mass is 31.1. The van der Waals surface area contributed by atoms with Crippen LogP contribution in [0.25, 0.3) is 0 Å². The van der Waals surface area contributed by atoms with Crippen molar-refractivity contribution in [1.82, 2.24) is 9.57 Å². The third kappa shape index (κ3) is 5.80. The van der Waals surface area contributed by atoms with Crippen molar-refractivity contribution in [2.75, 3.05) is 46.6 Å². The Morgan fingerprint density at radius 2 is 1.47 bits per heavy atom. The minimum atomic E-state index is 0.436. The van der Waals surface area contributed by atoms with Gasteiger partial charge < -0.3 is 4.90 Å². The van der Waals surface area contributed by atoms with Gasteiger partial charge in [-0.3, -0.25) is 4.90 Å². The molecule has 0 aromatic heterocycles. The maximum Gasteiger partial charge on any atom is 0.123 e. The van der Waals surface area contributed by atoms with Crippen molar-refractivity contribution >= 4 is 8.73 Å². The molecule has 0 radical (unpaired) electrons. The molecular weight excluding hydrogens is 481 g/mol. The van der Waals surface area contributed by atoms with Crippen LogP contribution in [0.1, 0.15) is 104 Å². The van der Waals surface area contributed by atoms with E-state index < -0.39 is 0 Å². The lowest BCUT2D eigenvalue weighted by atomic mass is 9.68. The van der Waals surface area contributed by atoms with Gasteiger partial charge in [0.05, 0.1) is 28.4 Å². The van der Waals surface area contributed by atoms with Crippen LogP contribution >= 0.6 is 8.73 Å². The van der Waals surface area contributed by atoms with E-state index in [9.17, 15) is 0 Å². The molecule has 6 fully saturated rings. The fraction of sp³-hybridized carbons (Fsp3) is 1.00. The smallest absolute Gasteiger partial charge is 0.123 e. The lowest BCUT2D eigenvalue weighted by Crippen LogP contribution is -3.10. The van der Waals surface area contributed by atoms with Crippen molar-refractivity contribution in [3.8, 4) is 0 Å². The van der Waals surface area contributed by atoms with Gasteiger partial charge in [-0.25, -0.2) is 0 Å². The van der Waals surface area contributed by atoms with E-state index in [0.29, 0.717) is 8.73 Å². The summed E-state index contributed by atoms with van der Waals surface area (Å²) in [5.74, 6) is 10.9. The molecule has 0 aromatic carbocycles. The number of quaternary nitrogens is 1. The van der Waals surface area contributed by atoms with Gasteiger partial charge in [-0.05, 0) is 106 Å². The van der Waals surface area contributed by atoms with Crippen LogP contribution in [0.4, 0.5) is 0 Å². The zero-order chi connectivity index (χ0) is 26.2. The van der Waals surface area contributed by atoms with E-state index in [1.807, 2.05) is 4.90 Å². The zero-order valence-corrected chi connectivity index (χ0v) is 26.9. The van der Waals surface area contributed by atoms with E-state index >= 15 is 0 Å². The Labute approximate surface area is 238 Å². The summed E-state index contributed by atoms with van der Waals surface area (Å²) in [6.07, 6.45) is 22.6. The van der Waals surface area contributed by atoms with Crippen molar-refractivity contribution in [2.45, 2.75) is 110 Å². The van der Waals surface area contributed by atoms with E-state index in [-0.39, 0.29) is 0 Å². The molecule has 1 N–H and O–H groups in total. The Bertz CT molecular complexity index is 754. The maximum absolute atomic E-state index is 2.71. The molecule has 12 atom stereocenters. The predicted octanol–water partition coefficient (Wildman–Crippen LogP) is 6.13. The lowest BCUT2D eigenvalue weighted by molar-refractivity contribution is -0.891. The molecule has 3 nitrogen and oxygen atoms in total. The molecule has 12 unspecified atom stereocenters. The highest BCUT2D eigenvalue weighted by Gasteiger charge is 2.60. The van der Waals surface area contributed by atoms with Crippen LogP contribution < -0.4 is 4.90 Å². The quantitative estimate of drug-likeness (QED) is 0.279. The summed E-state index contributed by atoms with van der Waals surface area (Å²) >= 11 is 0. The summed E-state index contributed by atoms with van der Waals surface area (Å²) in [6, 6.07) is 0.880. The van der Waals surface area contributed by atoms with Crippen LogP contribution in [0.15, 0.2) is 0 Å². The van der Waals surface area contributed by atoms with E-state index in [1.165, 1.54) is 77.4 Å². The van der Waals surface area contributed by atoms with Gasteiger partial charge in [0.1, 0.15) is 6.29 Å². The van der Waals surface area contributed by atoms with Crippen LogP contribution in [-0.2, 0) is 0 Å². The number of fused-ring (bicyclic) bond motifs is 7. The molecule has 4 bridgehead atoms. The number of hydrogen-bond acceptors (Lipinski definition) is 2. The molecule has 0 amide bonds. The fourth-order valence-electron chi connectivity index (χ4n) is 12.0. The first kappa shape index (κ1) is 28.4. The Morgan fingerprint density at radius 3 is 2.24 bits per heavy atom. The summed E-state index contributed by atoms with van der Waals surface area (Å²) in [4.78, 5) is 4.68. The fourth-order valence-corrected chi connectivity index (χ4v) is 13.2. The number of likely N-dealkylation sites (tertiary alicyclic amines) is 1. The third-order valence-electron chi connectivity index (χ3n) is 13.9. The van der Waals surface area contributed by atoms with Gasteiger partial charge in [0, 0.05) is 37.9 Å². The molecule has 0 aromatic rings. The van der Waals surface area contributed by atoms with E-state index in [4.69, 9.17) is 0 Å². The minimum absolute atomic E-state index is 0.436. The van der Waals surface area contributed by atoms with Crippen molar-refractivity contribution in [3.63, 3.8) is 0 Å². The molecule has 4 heteroatoms. The van der Waals surface area contributed by atoms with E-state index in [0.717, 1.165) is 65.2 Å². The monoisotopic (exact) mass is 545 g/mol. The maximum atomic E-state index is 2.71. The SMILES string of the molecule is CCC1C2CCC(C2)C1CCCC1C(C)C2CC1C1C[NH+](CCCN(C)[PH2+]CN(C)C3CCCCC3)CC21. The van der Waals surface area contributed by atoms with Crippen molar-refractivity contribution in [3.05, 3.63) is 0 Å². The topological polar surface area (TPSA) is 10.9 Å². The predicted molar refractivity (Wildman–Crippen MR) is 165 cm³/mol. The molecule has 1 aliphatic heterocycles. The molecule has 5 aliphatic carbocycles. The Morgan fingerprint density at radius 1 is 0.763 bits per heavy atom. The van der Waals surface area contributed by atoms with Gasteiger partial charge in [0.15, 0.2) is 0 Å². The third-order valence-corrected chi connectivity index (χ3v) is 15.5. The van der Waals surface area contributed by atoms with Crippen LogP contribution in [0, 0.1) is 59.2 Å². The van der Waals surface area contributed by atoms with Gasteiger partial charge in [-0.2, -0.15) is 4.67 Å². The lowest BCUT2D eigenvalue weighted by Gasteiger charge is -2.35. The normalized spacial score (nSPS) is 44.5. The highest BCUT2D eigenvalue weighted by molar-refractivity contribution is 7.35. The van der Waals surface area contributed by atoms with Crippen molar-refractivity contribution < 1.29 is 4.90 Å². The zero-order valence-electron chi connectivity index (χ0n) is 25.8. The first-order chi connectivity index (χ1) is 18.5. The number of nitrogens with one attached hydrogen (secondary N) is 1. The molecule has 218 valence electrons. The molecule has 38 heavy (non-hydrogen) atoms. The molecule has 5 saturated carbocycles. The van der Waals surface area contributed by atoms with Gasteiger partial charge in [-0.1, -0.05) is 46.0 Å². The summed E-state index contributed by atoms with van der Waals surface area (Å²) in [7, 11) is 5.24. The Kier molecular flexibility index (Phi) is 9.48. The summed E-state index contributed by atoms with van der Waals surface area (Å²) in [5.41, 5.74) is 0. The first-order valence-corrected chi connectivity index (χ1v) is 18.9. The van der Waals surface area contributed by atoms with Crippen LogP contribution in [0.3, 0.4) is 0 Å². The molecule has 6 rings (SSSR count). The summed E-state index contributed by atoms with van der Waals surface area (Å²) < 4.78 is 2.71. The average Bonchev–Trinajstić information content (AvgIpc) is 3.74. The van der Waals surface area contributed by atoms with Crippen molar-refractivity contribution in [2.24, 2.45) is 59.2 Å². The number of nitrogens with zero attached hydrogens (tertiary/aromatic N) is 2. The van der Waals surface area contributed by atoms with Gasteiger partial charge in [0.2, 0.25) is 0 Å². The molecule has 0 spiro atoms. The second-order valence-electron chi connectivity index (χ2n) is 15.6. The summed E-state index contributed by atoms with van der Waals surface area (Å²) in [5, 5.41) is 0. The Hall–Kier alpha value is 0.310. The second kappa shape index (κ2) is 12.7.